The van der Waals surface area contributed by atoms with Crippen LogP contribution in [0.15, 0.2) is 24.3 Å². The molecule has 1 aliphatic rings. The summed E-state index contributed by atoms with van der Waals surface area (Å²) >= 11 is 0. The molecular formula is C24H37N3O4. The summed E-state index contributed by atoms with van der Waals surface area (Å²) in [5.74, 6) is 0.570. The van der Waals surface area contributed by atoms with Gasteiger partial charge in [-0.2, -0.15) is 0 Å². The molecule has 1 saturated carbocycles. The highest BCUT2D eigenvalue weighted by Crippen LogP contribution is 2.27. The Balaban J connectivity index is 1.67. The number of carbonyl (C=O) groups excluding carboxylic acids is 3. The van der Waals surface area contributed by atoms with Gasteiger partial charge in [0, 0.05) is 31.6 Å². The van der Waals surface area contributed by atoms with Gasteiger partial charge in [0.2, 0.25) is 11.8 Å². The average Bonchev–Trinajstić information content (AvgIpc) is 2.70. The lowest BCUT2D eigenvalue weighted by atomic mass is 9.86. The monoisotopic (exact) mass is 431 g/mol. The molecule has 0 spiro atoms. The normalized spacial score (nSPS) is 14.5. The molecule has 0 aliphatic heterocycles. The Morgan fingerprint density at radius 2 is 1.74 bits per heavy atom. The third-order valence-electron chi connectivity index (χ3n) is 5.23. The van der Waals surface area contributed by atoms with Crippen molar-refractivity contribution in [2.75, 3.05) is 11.9 Å². The van der Waals surface area contributed by atoms with Crippen LogP contribution in [-0.4, -0.2) is 30.1 Å². The van der Waals surface area contributed by atoms with Gasteiger partial charge in [-0.25, -0.2) is 4.79 Å². The van der Waals surface area contributed by atoms with Gasteiger partial charge in [-0.05, 0) is 50.8 Å². The molecular weight excluding hydrogens is 394 g/mol. The van der Waals surface area contributed by atoms with Gasteiger partial charge in [0.1, 0.15) is 5.60 Å². The van der Waals surface area contributed by atoms with Gasteiger partial charge >= 0.3 is 6.09 Å². The molecule has 0 bridgehead atoms. The number of hydrogen-bond donors (Lipinski definition) is 3. The number of hydrogen-bond acceptors (Lipinski definition) is 4. The minimum atomic E-state index is -0.571. The van der Waals surface area contributed by atoms with Crippen LogP contribution in [0.5, 0.6) is 0 Å². The highest BCUT2D eigenvalue weighted by atomic mass is 16.6. The topological polar surface area (TPSA) is 96.5 Å². The van der Waals surface area contributed by atoms with Gasteiger partial charge in [0.15, 0.2) is 0 Å². The van der Waals surface area contributed by atoms with Crippen LogP contribution in [-0.2, 0) is 20.9 Å². The van der Waals surface area contributed by atoms with Crippen LogP contribution in [0.25, 0.3) is 0 Å². The van der Waals surface area contributed by atoms with Crippen LogP contribution >= 0.6 is 0 Å². The van der Waals surface area contributed by atoms with Crippen molar-refractivity contribution in [3.05, 3.63) is 29.8 Å². The van der Waals surface area contributed by atoms with E-state index in [1.54, 1.807) is 26.8 Å². The molecule has 0 saturated heterocycles. The van der Waals surface area contributed by atoms with Gasteiger partial charge < -0.3 is 20.7 Å². The maximum absolute atomic E-state index is 12.2. The van der Waals surface area contributed by atoms with Gasteiger partial charge in [0.25, 0.3) is 0 Å². The zero-order valence-corrected chi connectivity index (χ0v) is 19.1. The minimum absolute atomic E-state index is 0.0771. The summed E-state index contributed by atoms with van der Waals surface area (Å²) in [5.41, 5.74) is 1.02. The van der Waals surface area contributed by atoms with Crippen molar-refractivity contribution in [2.24, 2.45) is 5.92 Å². The van der Waals surface area contributed by atoms with E-state index in [0.717, 1.165) is 12.0 Å². The Morgan fingerprint density at radius 1 is 1.00 bits per heavy atom. The number of anilines is 1. The first kappa shape index (κ1) is 24.7. The number of rotatable bonds is 9. The van der Waals surface area contributed by atoms with Crippen molar-refractivity contribution in [1.29, 1.82) is 0 Å². The van der Waals surface area contributed by atoms with Crippen molar-refractivity contribution in [2.45, 2.75) is 84.3 Å². The summed E-state index contributed by atoms with van der Waals surface area (Å²) in [4.78, 5) is 35.9. The Morgan fingerprint density at radius 3 is 2.45 bits per heavy atom. The molecule has 7 heteroatoms. The predicted octanol–water partition coefficient (Wildman–Crippen LogP) is 4.52. The largest absolute Gasteiger partial charge is 0.444 e. The molecule has 2 rings (SSSR count). The summed E-state index contributed by atoms with van der Waals surface area (Å²) in [6.07, 6.45) is 7.57. The number of ether oxygens (including phenoxy) is 1. The van der Waals surface area contributed by atoms with Gasteiger partial charge in [-0.3, -0.25) is 9.59 Å². The lowest BCUT2D eigenvalue weighted by Gasteiger charge is -2.21. The second-order valence-corrected chi connectivity index (χ2v) is 9.25. The third-order valence-corrected chi connectivity index (χ3v) is 5.23. The van der Waals surface area contributed by atoms with E-state index < -0.39 is 11.7 Å². The Hall–Kier alpha value is -2.57. The van der Waals surface area contributed by atoms with E-state index in [1.807, 2.05) is 18.2 Å². The zero-order chi connectivity index (χ0) is 22.7. The number of alkyl carbamates (subject to hydrolysis) is 1. The molecule has 0 heterocycles. The van der Waals surface area contributed by atoms with Crippen molar-refractivity contribution in [3.8, 4) is 0 Å². The second kappa shape index (κ2) is 12.3. The van der Waals surface area contributed by atoms with E-state index in [9.17, 15) is 14.4 Å². The number of nitrogens with one attached hydrogen (secondary N) is 3. The van der Waals surface area contributed by atoms with E-state index in [1.165, 1.54) is 32.1 Å². The Bertz CT molecular complexity index is 737. The van der Waals surface area contributed by atoms with Crippen LogP contribution in [0, 0.1) is 5.92 Å². The fourth-order valence-electron chi connectivity index (χ4n) is 3.67. The molecule has 1 aromatic carbocycles. The fourth-order valence-corrected chi connectivity index (χ4v) is 3.67. The smallest absolute Gasteiger partial charge is 0.407 e. The second-order valence-electron chi connectivity index (χ2n) is 9.25. The molecule has 7 nitrogen and oxygen atoms in total. The quantitative estimate of drug-likeness (QED) is 0.536. The molecule has 0 radical (unpaired) electrons. The molecule has 1 aromatic rings. The summed E-state index contributed by atoms with van der Waals surface area (Å²) in [6, 6.07) is 7.41. The van der Waals surface area contributed by atoms with E-state index in [2.05, 4.69) is 16.0 Å². The molecule has 3 amide bonds. The first-order chi connectivity index (χ1) is 14.7. The van der Waals surface area contributed by atoms with Crippen LogP contribution in [0.3, 0.4) is 0 Å². The lowest BCUT2D eigenvalue weighted by Crippen LogP contribution is -2.34. The van der Waals surface area contributed by atoms with Gasteiger partial charge in [0.05, 0.1) is 0 Å². The average molecular weight is 432 g/mol. The minimum Gasteiger partial charge on any atom is -0.444 e. The Labute approximate surface area is 185 Å². The summed E-state index contributed by atoms with van der Waals surface area (Å²) in [7, 11) is 0. The number of carbonyl (C=O) groups is 3. The van der Waals surface area contributed by atoms with Crippen LogP contribution in [0.2, 0.25) is 0 Å². The molecule has 3 N–H and O–H groups in total. The van der Waals surface area contributed by atoms with E-state index >= 15 is 0 Å². The van der Waals surface area contributed by atoms with E-state index in [-0.39, 0.29) is 24.8 Å². The number of amides is 3. The van der Waals surface area contributed by atoms with Gasteiger partial charge in [-0.15, -0.1) is 0 Å². The summed E-state index contributed by atoms with van der Waals surface area (Å²) in [5, 5.41) is 8.35. The first-order valence-electron chi connectivity index (χ1n) is 11.3. The van der Waals surface area contributed by atoms with Gasteiger partial charge in [-0.1, -0.05) is 44.2 Å². The molecule has 0 aromatic heterocycles. The van der Waals surface area contributed by atoms with Crippen LogP contribution < -0.4 is 16.0 Å². The third kappa shape index (κ3) is 10.9. The highest BCUT2D eigenvalue weighted by Gasteiger charge is 2.16. The Kier molecular flexibility index (Phi) is 9.82. The summed E-state index contributed by atoms with van der Waals surface area (Å²) in [6.45, 7) is 5.98. The molecule has 31 heavy (non-hydrogen) atoms. The van der Waals surface area contributed by atoms with Crippen LogP contribution in [0.4, 0.5) is 10.5 Å². The molecule has 1 aliphatic carbocycles. The van der Waals surface area contributed by atoms with E-state index in [0.29, 0.717) is 24.6 Å². The fraction of sp³-hybridized carbons (Fsp3) is 0.625. The maximum Gasteiger partial charge on any atom is 0.407 e. The van der Waals surface area contributed by atoms with E-state index in [4.69, 9.17) is 4.74 Å². The first-order valence-corrected chi connectivity index (χ1v) is 11.3. The van der Waals surface area contributed by atoms with Crippen molar-refractivity contribution in [1.82, 2.24) is 10.6 Å². The zero-order valence-electron chi connectivity index (χ0n) is 19.1. The van der Waals surface area contributed by atoms with Crippen LogP contribution in [0.1, 0.15) is 77.7 Å². The highest BCUT2D eigenvalue weighted by molar-refractivity contribution is 5.91. The summed E-state index contributed by atoms with van der Waals surface area (Å²) < 4.78 is 5.14. The van der Waals surface area contributed by atoms with Crippen molar-refractivity contribution < 1.29 is 19.1 Å². The number of benzene rings is 1. The predicted molar refractivity (Wildman–Crippen MR) is 122 cm³/mol. The molecule has 172 valence electrons. The lowest BCUT2D eigenvalue weighted by molar-refractivity contribution is -0.121. The molecule has 1 fully saturated rings. The SMILES string of the molecule is CC(C)(C)OC(=O)NCCC(=O)Nc1cccc(CNC(=O)CCC2CCCCC2)c1. The maximum atomic E-state index is 12.2. The standard InChI is InChI=1S/C24H37N3O4/c1-24(2,3)31-23(30)25-15-14-22(29)27-20-11-7-10-19(16-20)17-26-21(28)13-12-18-8-5-4-6-9-18/h7,10-11,16,18H,4-6,8-9,12-15,17H2,1-3H3,(H,25,30)(H,26,28)(H,27,29). The molecule has 0 atom stereocenters. The van der Waals surface area contributed by atoms with Crippen molar-refractivity contribution in [3.63, 3.8) is 0 Å². The van der Waals surface area contributed by atoms with Crippen molar-refractivity contribution >= 4 is 23.6 Å². The molecule has 0 unspecified atom stereocenters.